The van der Waals surface area contributed by atoms with Crippen molar-refractivity contribution < 1.29 is 9.53 Å². The Bertz CT molecular complexity index is 469. The third kappa shape index (κ3) is 3.45. The largest absolute Gasteiger partial charge is 0.444 e. The standard InChI is InChI=1S/C14H18BrNO2S/c1-14(2,3)18-13(17)16-8-11(12(16)19)9-4-6-10(15)7-5-9/h4-7,11-12,19H,8H2,1-3H3. The Morgan fingerprint density at radius 1 is 1.37 bits per heavy atom. The number of nitrogens with zero attached hydrogens (tertiary/aromatic N) is 1. The lowest BCUT2D eigenvalue weighted by molar-refractivity contribution is 0.00301. The van der Waals surface area contributed by atoms with E-state index in [9.17, 15) is 4.79 Å². The third-order valence-electron chi connectivity index (χ3n) is 3.00. The molecule has 1 heterocycles. The molecule has 1 aromatic rings. The third-order valence-corrected chi connectivity index (χ3v) is 4.17. The lowest BCUT2D eigenvalue weighted by Crippen LogP contribution is -2.55. The van der Waals surface area contributed by atoms with E-state index < -0.39 is 5.60 Å². The van der Waals surface area contributed by atoms with Crippen LogP contribution in [0.1, 0.15) is 32.3 Å². The molecule has 104 valence electrons. The lowest BCUT2D eigenvalue weighted by atomic mass is 9.91. The van der Waals surface area contributed by atoms with Gasteiger partial charge in [-0.3, -0.25) is 4.90 Å². The average molecular weight is 344 g/mol. The second-order valence-corrected chi connectivity index (χ2v) is 7.15. The number of hydrogen-bond acceptors (Lipinski definition) is 3. The number of likely N-dealkylation sites (tertiary alicyclic amines) is 1. The van der Waals surface area contributed by atoms with E-state index in [1.165, 1.54) is 5.56 Å². The van der Waals surface area contributed by atoms with Gasteiger partial charge in [0.2, 0.25) is 0 Å². The Labute approximate surface area is 127 Å². The van der Waals surface area contributed by atoms with Crippen LogP contribution in [0.25, 0.3) is 0 Å². The summed E-state index contributed by atoms with van der Waals surface area (Å²) in [6.45, 7) is 6.25. The molecule has 2 atom stereocenters. The molecular weight excluding hydrogens is 326 g/mol. The predicted octanol–water partition coefficient (Wildman–Crippen LogP) is 4.04. The second-order valence-electron chi connectivity index (χ2n) is 5.70. The number of carbonyl (C=O) groups excluding carboxylic acids is 1. The minimum absolute atomic E-state index is 0.115. The number of halogens is 1. The van der Waals surface area contributed by atoms with Crippen molar-refractivity contribution in [1.82, 2.24) is 4.90 Å². The molecule has 5 heteroatoms. The van der Waals surface area contributed by atoms with Crippen molar-refractivity contribution in [2.45, 2.75) is 37.7 Å². The maximum Gasteiger partial charge on any atom is 0.411 e. The van der Waals surface area contributed by atoms with Gasteiger partial charge in [-0.15, -0.1) is 0 Å². The van der Waals surface area contributed by atoms with E-state index in [1.807, 2.05) is 32.9 Å². The molecule has 0 spiro atoms. The fourth-order valence-electron chi connectivity index (χ4n) is 1.98. The van der Waals surface area contributed by atoms with E-state index in [-0.39, 0.29) is 17.4 Å². The topological polar surface area (TPSA) is 29.5 Å². The van der Waals surface area contributed by atoms with Crippen LogP contribution >= 0.6 is 28.6 Å². The number of amides is 1. The fraction of sp³-hybridized carbons (Fsp3) is 0.500. The second kappa shape index (κ2) is 5.37. The molecule has 0 aromatic heterocycles. The molecule has 0 bridgehead atoms. The van der Waals surface area contributed by atoms with Crippen LogP contribution in [0.5, 0.6) is 0 Å². The number of benzene rings is 1. The van der Waals surface area contributed by atoms with Crippen LogP contribution in [0.3, 0.4) is 0 Å². The van der Waals surface area contributed by atoms with Gasteiger partial charge in [-0.25, -0.2) is 4.79 Å². The van der Waals surface area contributed by atoms with Gasteiger partial charge in [0.05, 0.1) is 5.37 Å². The Balaban J connectivity index is 1.98. The van der Waals surface area contributed by atoms with Gasteiger partial charge in [0, 0.05) is 16.9 Å². The predicted molar refractivity (Wildman–Crippen MR) is 82.6 cm³/mol. The van der Waals surface area contributed by atoms with E-state index in [0.717, 1.165) is 4.47 Å². The van der Waals surface area contributed by atoms with Crippen LogP contribution in [0.15, 0.2) is 28.7 Å². The molecule has 1 aromatic carbocycles. The van der Waals surface area contributed by atoms with E-state index >= 15 is 0 Å². The van der Waals surface area contributed by atoms with Gasteiger partial charge in [0.15, 0.2) is 0 Å². The summed E-state index contributed by atoms with van der Waals surface area (Å²) in [5, 5.41) is -0.115. The van der Waals surface area contributed by atoms with E-state index in [2.05, 4.69) is 40.7 Å². The Hall–Kier alpha value is -0.680. The molecule has 2 rings (SSSR count). The molecule has 1 aliphatic heterocycles. The summed E-state index contributed by atoms with van der Waals surface area (Å²) < 4.78 is 6.40. The number of rotatable bonds is 1. The smallest absolute Gasteiger partial charge is 0.411 e. The van der Waals surface area contributed by atoms with E-state index in [4.69, 9.17) is 4.74 Å². The molecular formula is C14H18BrNO2S. The van der Waals surface area contributed by atoms with Gasteiger partial charge in [0.25, 0.3) is 0 Å². The van der Waals surface area contributed by atoms with Crippen molar-refractivity contribution in [1.29, 1.82) is 0 Å². The summed E-state index contributed by atoms with van der Waals surface area (Å²) in [6, 6.07) is 8.13. The maximum absolute atomic E-state index is 11.9. The van der Waals surface area contributed by atoms with Crippen LogP contribution in [0.2, 0.25) is 0 Å². The number of carbonyl (C=O) groups is 1. The molecule has 1 aliphatic rings. The van der Waals surface area contributed by atoms with Gasteiger partial charge < -0.3 is 4.74 Å². The highest BCUT2D eigenvalue weighted by atomic mass is 79.9. The number of ether oxygens (including phenoxy) is 1. The Kier molecular flexibility index (Phi) is 4.16. The molecule has 1 saturated heterocycles. The van der Waals surface area contributed by atoms with Crippen molar-refractivity contribution >= 4 is 34.7 Å². The molecule has 3 nitrogen and oxygen atoms in total. The van der Waals surface area contributed by atoms with Gasteiger partial charge in [-0.05, 0) is 38.5 Å². The first kappa shape index (κ1) is 14.7. The van der Waals surface area contributed by atoms with Crippen molar-refractivity contribution in [2.75, 3.05) is 6.54 Å². The summed E-state index contributed by atoms with van der Waals surface area (Å²) in [5.74, 6) is 0.268. The quantitative estimate of drug-likeness (QED) is 0.779. The lowest BCUT2D eigenvalue weighted by Gasteiger charge is -2.45. The zero-order chi connectivity index (χ0) is 14.2. The minimum Gasteiger partial charge on any atom is -0.444 e. The summed E-state index contributed by atoms with van der Waals surface area (Å²) in [5.41, 5.74) is 0.732. The summed E-state index contributed by atoms with van der Waals surface area (Å²) in [6.07, 6.45) is -0.291. The van der Waals surface area contributed by atoms with Crippen molar-refractivity contribution in [3.8, 4) is 0 Å². The normalized spacial score (nSPS) is 22.9. The number of hydrogen-bond donors (Lipinski definition) is 1. The van der Waals surface area contributed by atoms with Gasteiger partial charge in [0.1, 0.15) is 5.60 Å². The van der Waals surface area contributed by atoms with E-state index in [0.29, 0.717) is 6.54 Å². The monoisotopic (exact) mass is 343 g/mol. The Morgan fingerprint density at radius 3 is 2.42 bits per heavy atom. The molecule has 0 N–H and O–H groups in total. The van der Waals surface area contributed by atoms with Crippen LogP contribution in [-0.4, -0.2) is 28.5 Å². The zero-order valence-electron chi connectivity index (χ0n) is 11.3. The van der Waals surface area contributed by atoms with Gasteiger partial charge in [-0.1, -0.05) is 28.1 Å². The highest BCUT2D eigenvalue weighted by molar-refractivity contribution is 9.10. The molecule has 1 fully saturated rings. The molecule has 19 heavy (non-hydrogen) atoms. The molecule has 1 amide bonds. The summed E-state index contributed by atoms with van der Waals surface area (Å²) in [7, 11) is 0. The summed E-state index contributed by atoms with van der Waals surface area (Å²) in [4.78, 5) is 13.6. The SMILES string of the molecule is CC(C)(C)OC(=O)N1CC(c2ccc(Br)cc2)C1S. The molecule has 0 saturated carbocycles. The first-order chi connectivity index (χ1) is 8.78. The van der Waals surface area contributed by atoms with Crippen molar-refractivity contribution in [2.24, 2.45) is 0 Å². The fourth-order valence-corrected chi connectivity index (χ4v) is 2.70. The van der Waals surface area contributed by atoms with Gasteiger partial charge in [-0.2, -0.15) is 12.6 Å². The average Bonchev–Trinajstić information content (AvgIpc) is 2.27. The van der Waals surface area contributed by atoms with Crippen LogP contribution < -0.4 is 0 Å². The summed E-state index contributed by atoms with van der Waals surface area (Å²) >= 11 is 7.93. The van der Waals surface area contributed by atoms with E-state index in [1.54, 1.807) is 4.90 Å². The van der Waals surface area contributed by atoms with Crippen LogP contribution in [-0.2, 0) is 4.74 Å². The molecule has 0 radical (unpaired) electrons. The van der Waals surface area contributed by atoms with Crippen LogP contribution in [0, 0.1) is 0 Å². The van der Waals surface area contributed by atoms with Gasteiger partial charge >= 0.3 is 6.09 Å². The number of thiol groups is 1. The van der Waals surface area contributed by atoms with Crippen LogP contribution in [0.4, 0.5) is 4.79 Å². The molecule has 2 unspecified atom stereocenters. The van der Waals surface area contributed by atoms with Crippen molar-refractivity contribution in [3.63, 3.8) is 0 Å². The zero-order valence-corrected chi connectivity index (χ0v) is 13.7. The minimum atomic E-state index is -0.465. The maximum atomic E-state index is 11.9. The molecule has 0 aliphatic carbocycles. The first-order valence-electron chi connectivity index (χ1n) is 6.21. The first-order valence-corrected chi connectivity index (χ1v) is 7.52. The van der Waals surface area contributed by atoms with Crippen molar-refractivity contribution in [3.05, 3.63) is 34.3 Å². The highest BCUT2D eigenvalue weighted by Gasteiger charge is 2.42. The highest BCUT2D eigenvalue weighted by Crippen LogP contribution is 2.37. The Morgan fingerprint density at radius 2 is 1.95 bits per heavy atom.